The van der Waals surface area contributed by atoms with Crippen LogP contribution in [0.4, 0.5) is 0 Å². The minimum Gasteiger partial charge on any atom is -0.0925 e. The normalized spacial score (nSPS) is 13.1. The molecule has 0 saturated carbocycles. The van der Waals surface area contributed by atoms with Crippen LogP contribution in [0.2, 0.25) is 0 Å². The fraction of sp³-hybridized carbons (Fsp3) is 0.571. The molecule has 0 aromatic heterocycles. The fourth-order valence-corrected chi connectivity index (χ4v) is 2.78. The summed E-state index contributed by atoms with van der Waals surface area (Å²) in [7, 11) is 0. The van der Waals surface area contributed by atoms with Gasteiger partial charge < -0.3 is 0 Å². The van der Waals surface area contributed by atoms with Crippen LogP contribution in [0.3, 0.4) is 0 Å². The second-order valence-corrected chi connectivity index (χ2v) is 6.29. The van der Waals surface area contributed by atoms with E-state index in [1.807, 2.05) is 0 Å². The SMILES string of the molecule is CC(C)CCC(CBr)Cc1ccccc1Br. The zero-order valence-electron chi connectivity index (χ0n) is 10.0. The van der Waals surface area contributed by atoms with E-state index in [2.05, 4.69) is 70.0 Å². The summed E-state index contributed by atoms with van der Waals surface area (Å²) in [4.78, 5) is 0. The predicted molar refractivity (Wildman–Crippen MR) is 79.2 cm³/mol. The standard InChI is InChI=1S/C14H20Br2/c1-11(2)7-8-12(10-15)9-13-5-3-4-6-14(13)16/h3-6,11-12H,7-10H2,1-2H3. The average molecular weight is 348 g/mol. The summed E-state index contributed by atoms with van der Waals surface area (Å²) in [5.74, 6) is 1.56. The molecule has 0 radical (unpaired) electrons. The highest BCUT2D eigenvalue weighted by Crippen LogP contribution is 2.24. The Morgan fingerprint density at radius 3 is 2.38 bits per heavy atom. The molecule has 2 heteroatoms. The Kier molecular flexibility index (Phi) is 6.67. The minimum atomic E-state index is 0.751. The molecule has 0 nitrogen and oxygen atoms in total. The van der Waals surface area contributed by atoms with Crippen molar-refractivity contribution in [3.05, 3.63) is 34.3 Å². The van der Waals surface area contributed by atoms with Crippen LogP contribution in [0, 0.1) is 11.8 Å². The summed E-state index contributed by atoms with van der Waals surface area (Å²) in [6, 6.07) is 8.54. The van der Waals surface area contributed by atoms with Gasteiger partial charge in [0.05, 0.1) is 0 Å². The first-order valence-corrected chi connectivity index (χ1v) is 7.84. The number of hydrogen-bond acceptors (Lipinski definition) is 0. The zero-order valence-corrected chi connectivity index (χ0v) is 13.2. The van der Waals surface area contributed by atoms with Crippen molar-refractivity contribution in [2.75, 3.05) is 5.33 Å². The van der Waals surface area contributed by atoms with Gasteiger partial charge in [-0.2, -0.15) is 0 Å². The summed E-state index contributed by atoms with van der Waals surface area (Å²) in [5, 5.41) is 1.10. The van der Waals surface area contributed by atoms with Crippen molar-refractivity contribution < 1.29 is 0 Å². The van der Waals surface area contributed by atoms with Gasteiger partial charge in [0.2, 0.25) is 0 Å². The van der Waals surface area contributed by atoms with E-state index < -0.39 is 0 Å². The third-order valence-electron chi connectivity index (χ3n) is 2.84. The van der Waals surface area contributed by atoms with Gasteiger partial charge in [0.1, 0.15) is 0 Å². The van der Waals surface area contributed by atoms with E-state index in [1.54, 1.807) is 0 Å². The molecule has 0 aliphatic rings. The number of alkyl halides is 1. The van der Waals surface area contributed by atoms with Gasteiger partial charge >= 0.3 is 0 Å². The van der Waals surface area contributed by atoms with Crippen LogP contribution in [0.25, 0.3) is 0 Å². The topological polar surface area (TPSA) is 0 Å². The fourth-order valence-electron chi connectivity index (χ4n) is 1.78. The quantitative estimate of drug-likeness (QED) is 0.601. The van der Waals surface area contributed by atoms with Crippen molar-refractivity contribution in [3.63, 3.8) is 0 Å². The zero-order chi connectivity index (χ0) is 12.0. The summed E-state index contributed by atoms with van der Waals surface area (Å²) >= 11 is 7.25. The molecule has 1 unspecified atom stereocenters. The summed E-state index contributed by atoms with van der Waals surface area (Å²) in [6.45, 7) is 4.59. The van der Waals surface area contributed by atoms with E-state index in [1.165, 1.54) is 29.3 Å². The van der Waals surface area contributed by atoms with Gasteiger partial charge in [-0.3, -0.25) is 0 Å². The second kappa shape index (κ2) is 7.50. The van der Waals surface area contributed by atoms with Gasteiger partial charge in [0.25, 0.3) is 0 Å². The van der Waals surface area contributed by atoms with Gasteiger partial charge in [-0.05, 0) is 36.3 Å². The summed E-state index contributed by atoms with van der Waals surface area (Å²) in [5.41, 5.74) is 1.43. The molecule has 0 spiro atoms. The van der Waals surface area contributed by atoms with Gasteiger partial charge in [-0.15, -0.1) is 0 Å². The van der Waals surface area contributed by atoms with Crippen LogP contribution >= 0.6 is 31.9 Å². The molecule has 0 aliphatic carbocycles. The Bertz CT molecular complexity index is 307. The van der Waals surface area contributed by atoms with Crippen LogP contribution in [-0.2, 0) is 6.42 Å². The van der Waals surface area contributed by atoms with Crippen molar-refractivity contribution in [2.45, 2.75) is 33.1 Å². The molecule has 1 aromatic carbocycles. The van der Waals surface area contributed by atoms with Crippen LogP contribution in [0.5, 0.6) is 0 Å². The van der Waals surface area contributed by atoms with Crippen molar-refractivity contribution in [2.24, 2.45) is 11.8 Å². The highest BCUT2D eigenvalue weighted by Gasteiger charge is 2.10. The molecule has 0 amide bonds. The number of halogens is 2. The van der Waals surface area contributed by atoms with Crippen molar-refractivity contribution in [1.29, 1.82) is 0 Å². The molecule has 0 aliphatic heterocycles. The molecule has 0 bridgehead atoms. The maximum Gasteiger partial charge on any atom is 0.0207 e. The highest BCUT2D eigenvalue weighted by atomic mass is 79.9. The average Bonchev–Trinajstić information content (AvgIpc) is 2.26. The van der Waals surface area contributed by atoms with Crippen LogP contribution < -0.4 is 0 Å². The first-order valence-electron chi connectivity index (χ1n) is 5.92. The van der Waals surface area contributed by atoms with Gasteiger partial charge in [-0.25, -0.2) is 0 Å². The lowest BCUT2D eigenvalue weighted by Gasteiger charge is -2.16. The summed E-state index contributed by atoms with van der Waals surface area (Å²) < 4.78 is 1.24. The van der Waals surface area contributed by atoms with E-state index in [4.69, 9.17) is 0 Å². The van der Waals surface area contributed by atoms with Crippen LogP contribution in [0.15, 0.2) is 28.7 Å². The molecule has 0 heterocycles. The Morgan fingerprint density at radius 2 is 1.81 bits per heavy atom. The van der Waals surface area contributed by atoms with Crippen molar-refractivity contribution in [1.82, 2.24) is 0 Å². The predicted octanol–water partition coefficient (Wildman–Crippen LogP) is 5.44. The number of rotatable bonds is 6. The third-order valence-corrected chi connectivity index (χ3v) is 4.53. The second-order valence-electron chi connectivity index (χ2n) is 4.79. The minimum absolute atomic E-state index is 0.751. The van der Waals surface area contributed by atoms with Crippen LogP contribution in [0.1, 0.15) is 32.3 Å². The van der Waals surface area contributed by atoms with E-state index in [0.29, 0.717) is 0 Å². The van der Waals surface area contributed by atoms with E-state index in [0.717, 1.165) is 17.2 Å². The molecule has 1 aromatic rings. The van der Waals surface area contributed by atoms with Gasteiger partial charge in [-0.1, -0.05) is 70.3 Å². The molecule has 0 fully saturated rings. The van der Waals surface area contributed by atoms with E-state index in [-0.39, 0.29) is 0 Å². The summed E-state index contributed by atoms with van der Waals surface area (Å²) in [6.07, 6.45) is 3.80. The van der Waals surface area contributed by atoms with E-state index >= 15 is 0 Å². The first kappa shape index (κ1) is 14.2. The smallest absolute Gasteiger partial charge is 0.0207 e. The molecule has 1 rings (SSSR count). The van der Waals surface area contributed by atoms with Crippen LogP contribution in [-0.4, -0.2) is 5.33 Å². The maximum atomic E-state index is 3.63. The lowest BCUT2D eigenvalue weighted by molar-refractivity contribution is 0.455. The Hall–Kier alpha value is 0.180. The third kappa shape index (κ3) is 5.01. The number of hydrogen-bond donors (Lipinski definition) is 0. The van der Waals surface area contributed by atoms with Crippen molar-refractivity contribution >= 4 is 31.9 Å². The molecular weight excluding hydrogens is 328 g/mol. The van der Waals surface area contributed by atoms with Crippen molar-refractivity contribution in [3.8, 4) is 0 Å². The Balaban J connectivity index is 2.53. The Morgan fingerprint density at radius 1 is 1.12 bits per heavy atom. The molecule has 0 saturated heterocycles. The molecule has 16 heavy (non-hydrogen) atoms. The van der Waals surface area contributed by atoms with Gasteiger partial charge in [0, 0.05) is 9.80 Å². The largest absolute Gasteiger partial charge is 0.0925 e. The molecule has 90 valence electrons. The number of benzene rings is 1. The first-order chi connectivity index (χ1) is 7.63. The monoisotopic (exact) mass is 346 g/mol. The Labute approximate surface area is 116 Å². The molecular formula is C14H20Br2. The molecule has 1 atom stereocenters. The maximum absolute atomic E-state index is 3.63. The lowest BCUT2D eigenvalue weighted by Crippen LogP contribution is -2.08. The van der Waals surface area contributed by atoms with E-state index in [9.17, 15) is 0 Å². The highest BCUT2D eigenvalue weighted by molar-refractivity contribution is 9.10. The lowest BCUT2D eigenvalue weighted by atomic mass is 9.93. The molecule has 0 N–H and O–H groups in total. The van der Waals surface area contributed by atoms with Gasteiger partial charge in [0.15, 0.2) is 0 Å².